The highest BCUT2D eigenvalue weighted by Gasteiger charge is 2.30. The van der Waals surface area contributed by atoms with Crippen LogP contribution in [0.25, 0.3) is 0 Å². The fourth-order valence-corrected chi connectivity index (χ4v) is 1.34. The lowest BCUT2D eigenvalue weighted by Gasteiger charge is -2.09. The lowest BCUT2D eigenvalue weighted by Crippen LogP contribution is -2.39. The summed E-state index contributed by atoms with van der Waals surface area (Å²) in [5, 5.41) is 4.94. The maximum atomic E-state index is 12.5. The van der Waals surface area contributed by atoms with Crippen LogP contribution in [0.15, 0.2) is 29.4 Å². The SMILES string of the molecule is C/C(=N\NC(=O)NCC(F)(F)F)c1cccc(C(F)(F)F)c1. The minimum Gasteiger partial charge on any atom is -0.328 e. The molecule has 0 atom stereocenters. The van der Waals surface area contributed by atoms with Crippen molar-refractivity contribution in [3.63, 3.8) is 0 Å². The van der Waals surface area contributed by atoms with Crippen molar-refractivity contribution < 1.29 is 31.1 Å². The summed E-state index contributed by atoms with van der Waals surface area (Å²) in [6.07, 6.45) is -9.11. The predicted octanol–water partition coefficient (Wildman–Crippen LogP) is 3.29. The van der Waals surface area contributed by atoms with Crippen LogP contribution >= 0.6 is 0 Å². The molecule has 0 aromatic heterocycles. The van der Waals surface area contributed by atoms with Gasteiger partial charge in [-0.1, -0.05) is 12.1 Å². The molecule has 2 N–H and O–H groups in total. The summed E-state index contributed by atoms with van der Waals surface area (Å²) >= 11 is 0. The number of benzene rings is 1. The molecule has 0 spiro atoms. The summed E-state index contributed by atoms with van der Waals surface area (Å²) in [4.78, 5) is 11.0. The molecule has 0 fully saturated rings. The Morgan fingerprint density at radius 1 is 1.18 bits per heavy atom. The average Bonchev–Trinajstić information content (AvgIpc) is 2.41. The van der Waals surface area contributed by atoms with Crippen molar-refractivity contribution in [3.8, 4) is 0 Å². The van der Waals surface area contributed by atoms with E-state index in [1.165, 1.54) is 18.3 Å². The standard InChI is InChI=1S/C12H11F6N3O/c1-7(20-21-10(22)19-6-11(13,14)15)8-3-2-4-9(5-8)12(16,17)18/h2-5H,6H2,1H3,(H2,19,21,22)/b20-7+. The zero-order valence-corrected chi connectivity index (χ0v) is 11.1. The highest BCUT2D eigenvalue weighted by Crippen LogP contribution is 2.29. The Morgan fingerprint density at radius 3 is 2.36 bits per heavy atom. The summed E-state index contributed by atoms with van der Waals surface area (Å²) < 4.78 is 73.1. The number of carbonyl (C=O) groups excluding carboxylic acids is 1. The highest BCUT2D eigenvalue weighted by molar-refractivity contribution is 5.99. The maximum Gasteiger partial charge on any atom is 0.416 e. The van der Waals surface area contributed by atoms with Crippen LogP contribution in [0.3, 0.4) is 0 Å². The van der Waals surface area contributed by atoms with Gasteiger partial charge in [0.05, 0.1) is 11.3 Å². The van der Waals surface area contributed by atoms with Gasteiger partial charge in [0.15, 0.2) is 0 Å². The number of halogens is 6. The van der Waals surface area contributed by atoms with Gasteiger partial charge in [-0.2, -0.15) is 31.4 Å². The summed E-state index contributed by atoms with van der Waals surface area (Å²) in [6, 6.07) is 2.93. The first-order valence-corrected chi connectivity index (χ1v) is 5.81. The van der Waals surface area contributed by atoms with Crippen LogP contribution < -0.4 is 10.7 Å². The van der Waals surface area contributed by atoms with Gasteiger partial charge in [-0.05, 0) is 24.6 Å². The summed E-state index contributed by atoms with van der Waals surface area (Å²) in [6.45, 7) is -0.240. The molecule has 0 aliphatic carbocycles. The molecule has 0 saturated carbocycles. The lowest BCUT2D eigenvalue weighted by atomic mass is 10.1. The van der Waals surface area contributed by atoms with E-state index >= 15 is 0 Å². The number of hydrogen-bond acceptors (Lipinski definition) is 2. The minimum atomic E-state index is -4.57. The zero-order chi connectivity index (χ0) is 17.0. The maximum absolute atomic E-state index is 12.5. The average molecular weight is 327 g/mol. The van der Waals surface area contributed by atoms with Crippen LogP contribution in [0.2, 0.25) is 0 Å². The second-order valence-electron chi connectivity index (χ2n) is 4.19. The molecule has 0 saturated heterocycles. The van der Waals surface area contributed by atoms with Crippen molar-refractivity contribution >= 4 is 11.7 Å². The van der Waals surface area contributed by atoms with E-state index in [0.29, 0.717) is 0 Å². The van der Waals surface area contributed by atoms with Crippen LogP contribution in [-0.4, -0.2) is 24.5 Å². The van der Waals surface area contributed by atoms with Gasteiger partial charge in [-0.15, -0.1) is 0 Å². The van der Waals surface area contributed by atoms with E-state index in [2.05, 4.69) is 5.10 Å². The number of hydrogen-bond donors (Lipinski definition) is 2. The predicted molar refractivity (Wildman–Crippen MR) is 66.2 cm³/mol. The van der Waals surface area contributed by atoms with Gasteiger partial charge in [0.1, 0.15) is 6.54 Å². The number of rotatable bonds is 3. The van der Waals surface area contributed by atoms with E-state index in [1.54, 1.807) is 5.43 Å². The van der Waals surface area contributed by atoms with Gasteiger partial charge in [0, 0.05) is 0 Å². The monoisotopic (exact) mass is 327 g/mol. The molecule has 2 amide bonds. The first-order valence-electron chi connectivity index (χ1n) is 5.81. The Labute approximate surface area is 121 Å². The molecular weight excluding hydrogens is 316 g/mol. The molecule has 1 aromatic carbocycles. The van der Waals surface area contributed by atoms with Crippen molar-refractivity contribution in [1.82, 2.24) is 10.7 Å². The van der Waals surface area contributed by atoms with Crippen molar-refractivity contribution in [3.05, 3.63) is 35.4 Å². The Morgan fingerprint density at radius 2 is 1.82 bits per heavy atom. The molecule has 0 bridgehead atoms. The normalized spacial score (nSPS) is 13.0. The molecule has 0 heterocycles. The number of nitrogens with one attached hydrogen (secondary N) is 2. The number of amides is 2. The molecule has 4 nitrogen and oxygen atoms in total. The van der Waals surface area contributed by atoms with Gasteiger partial charge in [-0.3, -0.25) is 0 Å². The Bertz CT molecular complexity index is 565. The van der Waals surface area contributed by atoms with Crippen molar-refractivity contribution in [2.75, 3.05) is 6.54 Å². The summed E-state index contributed by atoms with van der Waals surface area (Å²) in [7, 11) is 0. The van der Waals surface area contributed by atoms with Gasteiger partial charge in [-0.25, -0.2) is 10.2 Å². The van der Waals surface area contributed by atoms with E-state index in [-0.39, 0.29) is 11.3 Å². The largest absolute Gasteiger partial charge is 0.416 e. The molecule has 0 radical (unpaired) electrons. The highest BCUT2D eigenvalue weighted by atomic mass is 19.4. The molecule has 1 aromatic rings. The van der Waals surface area contributed by atoms with Crippen LogP contribution in [0.4, 0.5) is 31.1 Å². The van der Waals surface area contributed by atoms with Crippen LogP contribution in [0.5, 0.6) is 0 Å². The summed E-state index contributed by atoms with van der Waals surface area (Å²) in [5.41, 5.74) is 0.949. The van der Waals surface area contributed by atoms with Crippen molar-refractivity contribution in [1.29, 1.82) is 0 Å². The van der Waals surface area contributed by atoms with E-state index < -0.39 is 30.5 Å². The van der Waals surface area contributed by atoms with Crippen LogP contribution in [0, 0.1) is 0 Å². The van der Waals surface area contributed by atoms with E-state index in [4.69, 9.17) is 0 Å². The third kappa shape index (κ3) is 6.02. The molecule has 0 aliphatic heterocycles. The number of urea groups is 1. The fraction of sp³-hybridized carbons (Fsp3) is 0.333. The zero-order valence-electron chi connectivity index (χ0n) is 11.1. The van der Waals surface area contributed by atoms with E-state index in [9.17, 15) is 31.1 Å². The first kappa shape index (κ1) is 17.8. The van der Waals surface area contributed by atoms with Gasteiger partial charge >= 0.3 is 18.4 Å². The molecule has 0 aliphatic rings. The third-order valence-electron chi connectivity index (χ3n) is 2.38. The lowest BCUT2D eigenvalue weighted by molar-refractivity contribution is -0.137. The Hall–Kier alpha value is -2.26. The molecule has 0 unspecified atom stereocenters. The number of nitrogens with zero attached hydrogens (tertiary/aromatic N) is 1. The topological polar surface area (TPSA) is 53.5 Å². The van der Waals surface area contributed by atoms with Gasteiger partial charge in [0.2, 0.25) is 0 Å². The van der Waals surface area contributed by atoms with Gasteiger partial charge < -0.3 is 5.32 Å². The van der Waals surface area contributed by atoms with Gasteiger partial charge in [0.25, 0.3) is 0 Å². The smallest absolute Gasteiger partial charge is 0.328 e. The fourth-order valence-electron chi connectivity index (χ4n) is 1.34. The quantitative estimate of drug-likeness (QED) is 0.500. The first-order chi connectivity index (χ1) is 9.99. The molecule has 122 valence electrons. The Kier molecular flexibility index (Phi) is 5.39. The van der Waals surface area contributed by atoms with Crippen molar-refractivity contribution in [2.45, 2.75) is 19.3 Å². The van der Waals surface area contributed by atoms with E-state index in [1.807, 2.05) is 0 Å². The van der Waals surface area contributed by atoms with Crippen LogP contribution in [-0.2, 0) is 6.18 Å². The van der Waals surface area contributed by atoms with E-state index in [0.717, 1.165) is 18.2 Å². The van der Waals surface area contributed by atoms with Crippen molar-refractivity contribution in [2.24, 2.45) is 5.10 Å². The summed E-state index contributed by atoms with van der Waals surface area (Å²) in [5.74, 6) is 0. The Balaban J connectivity index is 2.71. The minimum absolute atomic E-state index is 0.00765. The number of carbonyl (C=O) groups is 1. The molecule has 1 rings (SSSR count). The molecule has 10 heteroatoms. The number of alkyl halides is 6. The second-order valence-corrected chi connectivity index (χ2v) is 4.19. The number of hydrazone groups is 1. The second kappa shape index (κ2) is 6.67. The third-order valence-corrected chi connectivity index (χ3v) is 2.38. The molecular formula is C12H11F6N3O. The molecule has 22 heavy (non-hydrogen) atoms. The van der Waals surface area contributed by atoms with Crippen LogP contribution in [0.1, 0.15) is 18.1 Å².